The number of nitrogens with one attached hydrogen (secondary N) is 2. The molecule has 0 unspecified atom stereocenters. The highest BCUT2D eigenvalue weighted by molar-refractivity contribution is 5.99. The van der Waals surface area contributed by atoms with E-state index in [0.717, 1.165) is 12.1 Å². The molecule has 0 spiro atoms. The van der Waals surface area contributed by atoms with Gasteiger partial charge in [0.15, 0.2) is 0 Å². The van der Waals surface area contributed by atoms with Crippen molar-refractivity contribution in [3.8, 4) is 0 Å². The van der Waals surface area contributed by atoms with Crippen molar-refractivity contribution in [3.63, 3.8) is 0 Å². The molecule has 0 heterocycles. The minimum atomic E-state index is -0.879. The van der Waals surface area contributed by atoms with Gasteiger partial charge in [-0.2, -0.15) is 0 Å². The molecule has 0 saturated heterocycles. The van der Waals surface area contributed by atoms with Crippen LogP contribution in [-0.4, -0.2) is 6.03 Å². The highest BCUT2D eigenvalue weighted by Gasteiger charge is 2.08. The van der Waals surface area contributed by atoms with Gasteiger partial charge in [-0.25, -0.2) is 18.0 Å². The molecule has 20 heavy (non-hydrogen) atoms. The molecule has 2 aromatic rings. The molecule has 6 heteroatoms. The van der Waals surface area contributed by atoms with Crippen LogP contribution >= 0.6 is 0 Å². The molecule has 0 aliphatic rings. The van der Waals surface area contributed by atoms with Crippen LogP contribution in [-0.2, 0) is 0 Å². The summed E-state index contributed by atoms with van der Waals surface area (Å²) in [5.74, 6) is -2.00. The fourth-order valence-electron chi connectivity index (χ4n) is 1.60. The second-order valence-corrected chi connectivity index (χ2v) is 4.17. The van der Waals surface area contributed by atoms with Gasteiger partial charge in [0.25, 0.3) is 0 Å². The zero-order valence-electron chi connectivity index (χ0n) is 10.5. The van der Waals surface area contributed by atoms with Crippen LogP contribution in [0.15, 0.2) is 36.4 Å². The van der Waals surface area contributed by atoms with Crippen molar-refractivity contribution >= 4 is 17.4 Å². The zero-order valence-corrected chi connectivity index (χ0v) is 10.5. The summed E-state index contributed by atoms with van der Waals surface area (Å²) in [5.41, 5.74) is 0.586. The van der Waals surface area contributed by atoms with Crippen molar-refractivity contribution in [1.82, 2.24) is 0 Å². The Bertz CT molecular complexity index is 659. The predicted octanol–water partition coefficient (Wildman–Crippen LogP) is 4.06. The number of carbonyl (C=O) groups excluding carboxylic acids is 1. The van der Waals surface area contributed by atoms with E-state index in [4.69, 9.17) is 0 Å². The molecule has 0 aliphatic carbocycles. The largest absolute Gasteiger partial charge is 0.323 e. The van der Waals surface area contributed by atoms with E-state index < -0.39 is 17.7 Å². The molecule has 104 valence electrons. The van der Waals surface area contributed by atoms with Gasteiger partial charge in [0.2, 0.25) is 0 Å². The monoisotopic (exact) mass is 280 g/mol. The first kappa shape index (κ1) is 13.9. The minimum absolute atomic E-state index is 0.150. The molecule has 0 radical (unpaired) electrons. The van der Waals surface area contributed by atoms with Crippen LogP contribution in [0.4, 0.5) is 29.3 Å². The van der Waals surface area contributed by atoms with Gasteiger partial charge < -0.3 is 10.6 Å². The Labute approximate surface area is 113 Å². The Morgan fingerprint density at radius 2 is 1.70 bits per heavy atom. The molecule has 0 bridgehead atoms. The molecule has 2 aromatic carbocycles. The average Bonchev–Trinajstić information content (AvgIpc) is 2.37. The molecule has 0 aromatic heterocycles. The van der Waals surface area contributed by atoms with Crippen LogP contribution < -0.4 is 10.6 Å². The third-order valence-electron chi connectivity index (χ3n) is 2.60. The number of hydrogen-bond acceptors (Lipinski definition) is 1. The van der Waals surface area contributed by atoms with Gasteiger partial charge in [0.05, 0.1) is 5.69 Å². The number of amides is 2. The second-order valence-electron chi connectivity index (χ2n) is 4.17. The maximum atomic E-state index is 13.3. The normalized spacial score (nSPS) is 10.2. The number of benzene rings is 2. The Hall–Kier alpha value is -2.50. The number of rotatable bonds is 2. The van der Waals surface area contributed by atoms with Crippen LogP contribution in [0.3, 0.4) is 0 Å². The molecule has 0 aliphatic heterocycles. The lowest BCUT2D eigenvalue weighted by Crippen LogP contribution is -2.20. The molecule has 2 rings (SSSR count). The summed E-state index contributed by atoms with van der Waals surface area (Å²) < 4.78 is 39.1. The summed E-state index contributed by atoms with van der Waals surface area (Å²) >= 11 is 0. The fourth-order valence-corrected chi connectivity index (χ4v) is 1.60. The summed E-state index contributed by atoms with van der Waals surface area (Å²) in [5, 5.41) is 4.66. The van der Waals surface area contributed by atoms with E-state index >= 15 is 0 Å². The number of hydrogen-bond donors (Lipinski definition) is 2. The summed E-state index contributed by atoms with van der Waals surface area (Å²) in [7, 11) is 0. The topological polar surface area (TPSA) is 41.1 Å². The van der Waals surface area contributed by atoms with Crippen molar-refractivity contribution in [1.29, 1.82) is 0 Å². The first-order valence-electron chi connectivity index (χ1n) is 5.75. The van der Waals surface area contributed by atoms with Gasteiger partial charge in [-0.05, 0) is 42.8 Å². The van der Waals surface area contributed by atoms with Gasteiger partial charge >= 0.3 is 6.03 Å². The van der Waals surface area contributed by atoms with E-state index in [9.17, 15) is 18.0 Å². The molecule has 0 fully saturated rings. The Morgan fingerprint density at radius 1 is 0.950 bits per heavy atom. The highest BCUT2D eigenvalue weighted by Crippen LogP contribution is 2.17. The zero-order chi connectivity index (χ0) is 14.7. The van der Waals surface area contributed by atoms with Crippen molar-refractivity contribution in [2.45, 2.75) is 6.92 Å². The van der Waals surface area contributed by atoms with Crippen LogP contribution in [0.2, 0.25) is 0 Å². The number of urea groups is 1. The van der Waals surface area contributed by atoms with E-state index in [1.807, 2.05) is 0 Å². The van der Waals surface area contributed by atoms with Crippen molar-refractivity contribution in [2.24, 2.45) is 0 Å². The third kappa shape index (κ3) is 3.28. The number of carbonyl (C=O) groups is 1. The minimum Gasteiger partial charge on any atom is -0.308 e. The summed E-state index contributed by atoms with van der Waals surface area (Å²) in [6, 6.07) is 6.13. The van der Waals surface area contributed by atoms with E-state index in [-0.39, 0.29) is 11.5 Å². The lowest BCUT2D eigenvalue weighted by Gasteiger charge is -2.09. The maximum Gasteiger partial charge on any atom is 0.323 e. The number of aryl methyl sites for hydroxylation is 1. The Kier molecular flexibility index (Phi) is 3.93. The van der Waals surface area contributed by atoms with E-state index in [1.165, 1.54) is 18.2 Å². The van der Waals surface area contributed by atoms with Gasteiger partial charge in [0.1, 0.15) is 17.5 Å². The van der Waals surface area contributed by atoms with Gasteiger partial charge in [-0.1, -0.05) is 0 Å². The van der Waals surface area contributed by atoms with Gasteiger partial charge in [0, 0.05) is 11.8 Å². The first-order chi connectivity index (χ1) is 9.45. The smallest absolute Gasteiger partial charge is 0.308 e. The van der Waals surface area contributed by atoms with Crippen LogP contribution in [0, 0.1) is 24.4 Å². The van der Waals surface area contributed by atoms with E-state index in [1.54, 1.807) is 6.92 Å². The van der Waals surface area contributed by atoms with E-state index in [0.29, 0.717) is 17.3 Å². The predicted molar refractivity (Wildman–Crippen MR) is 70.1 cm³/mol. The molecule has 3 nitrogen and oxygen atoms in total. The lowest BCUT2D eigenvalue weighted by molar-refractivity contribution is 0.262. The Morgan fingerprint density at radius 3 is 2.35 bits per heavy atom. The molecular weight excluding hydrogens is 269 g/mol. The van der Waals surface area contributed by atoms with Crippen molar-refractivity contribution in [3.05, 3.63) is 59.4 Å². The summed E-state index contributed by atoms with van der Waals surface area (Å²) in [6.07, 6.45) is 0. The highest BCUT2D eigenvalue weighted by atomic mass is 19.1. The molecular formula is C14H11F3N2O. The van der Waals surface area contributed by atoms with Gasteiger partial charge in [-0.15, -0.1) is 0 Å². The van der Waals surface area contributed by atoms with Crippen molar-refractivity contribution in [2.75, 3.05) is 10.6 Å². The molecule has 2 amide bonds. The number of anilines is 2. The van der Waals surface area contributed by atoms with Crippen LogP contribution in [0.5, 0.6) is 0 Å². The maximum absolute atomic E-state index is 13.3. The Balaban J connectivity index is 2.07. The second kappa shape index (κ2) is 5.64. The lowest BCUT2D eigenvalue weighted by atomic mass is 10.2. The van der Waals surface area contributed by atoms with Gasteiger partial charge in [-0.3, -0.25) is 0 Å². The van der Waals surface area contributed by atoms with Crippen LogP contribution in [0.1, 0.15) is 5.56 Å². The molecule has 0 atom stereocenters. The summed E-state index contributed by atoms with van der Waals surface area (Å²) in [6.45, 7) is 1.55. The molecule has 2 N–H and O–H groups in total. The SMILES string of the molecule is Cc1cc(NC(=O)Nc2ccc(F)cc2F)ccc1F. The molecule has 0 saturated carbocycles. The quantitative estimate of drug-likeness (QED) is 0.855. The average molecular weight is 280 g/mol. The fraction of sp³-hybridized carbons (Fsp3) is 0.0714. The standard InChI is InChI=1S/C14H11F3N2O/c1-8-6-10(3-4-11(8)16)18-14(20)19-13-5-2-9(15)7-12(13)17/h2-7H,1H3,(H2,18,19,20). The third-order valence-corrected chi connectivity index (χ3v) is 2.60. The van der Waals surface area contributed by atoms with Crippen molar-refractivity contribution < 1.29 is 18.0 Å². The van der Waals surface area contributed by atoms with E-state index in [2.05, 4.69) is 10.6 Å². The number of halogens is 3. The first-order valence-corrected chi connectivity index (χ1v) is 5.75. The van der Waals surface area contributed by atoms with Crippen LogP contribution in [0.25, 0.3) is 0 Å². The summed E-state index contributed by atoms with van der Waals surface area (Å²) in [4.78, 5) is 11.6.